The van der Waals surface area contributed by atoms with Crippen LogP contribution in [0.15, 0.2) is 28.2 Å². The van der Waals surface area contributed by atoms with E-state index in [1.165, 1.54) is 10.4 Å². The predicted octanol–water partition coefficient (Wildman–Crippen LogP) is 4.39. The van der Waals surface area contributed by atoms with E-state index < -0.39 is 0 Å². The van der Waals surface area contributed by atoms with E-state index in [0.717, 1.165) is 34.4 Å². The third-order valence-corrected chi connectivity index (χ3v) is 4.85. The van der Waals surface area contributed by atoms with Gasteiger partial charge in [0.1, 0.15) is 11.3 Å². The lowest BCUT2D eigenvalue weighted by molar-refractivity contribution is 0.753. The van der Waals surface area contributed by atoms with Crippen molar-refractivity contribution in [2.75, 3.05) is 5.88 Å². The van der Waals surface area contributed by atoms with Gasteiger partial charge in [0.25, 0.3) is 0 Å². The minimum Gasteiger partial charge on any atom is -0.307 e. The third kappa shape index (κ3) is 2.62. The van der Waals surface area contributed by atoms with Gasteiger partial charge in [-0.1, -0.05) is 0 Å². The van der Waals surface area contributed by atoms with Gasteiger partial charge in [-0.2, -0.15) is 0 Å². The van der Waals surface area contributed by atoms with Crippen LogP contribution in [-0.2, 0) is 13.0 Å². The fourth-order valence-corrected chi connectivity index (χ4v) is 3.57. The lowest BCUT2D eigenvalue weighted by Crippen LogP contribution is -2.06. The van der Waals surface area contributed by atoms with Crippen LogP contribution in [-0.4, -0.2) is 20.4 Å². The second-order valence-electron chi connectivity index (χ2n) is 4.58. The van der Waals surface area contributed by atoms with Crippen molar-refractivity contribution < 1.29 is 0 Å². The van der Waals surface area contributed by atoms with Gasteiger partial charge in [0.15, 0.2) is 5.65 Å². The Labute approximate surface area is 134 Å². The van der Waals surface area contributed by atoms with Crippen molar-refractivity contribution in [3.63, 3.8) is 0 Å². The van der Waals surface area contributed by atoms with Crippen molar-refractivity contribution in [2.45, 2.75) is 19.9 Å². The number of aromatic nitrogens is 3. The summed E-state index contributed by atoms with van der Waals surface area (Å²) in [7, 11) is 0. The Hall–Kier alpha value is -0.910. The number of hydrogen-bond acceptors (Lipinski definition) is 3. The summed E-state index contributed by atoms with van der Waals surface area (Å²) in [6, 6.07) is 4.14. The highest BCUT2D eigenvalue weighted by atomic mass is 79.9. The van der Waals surface area contributed by atoms with E-state index in [-0.39, 0.29) is 0 Å². The molecule has 0 bridgehead atoms. The molecular weight excluding hydrogens is 358 g/mol. The van der Waals surface area contributed by atoms with Crippen LogP contribution in [0, 0.1) is 6.92 Å². The van der Waals surface area contributed by atoms with Crippen molar-refractivity contribution in [2.24, 2.45) is 0 Å². The first kappa shape index (κ1) is 14.0. The fourth-order valence-electron chi connectivity index (χ4n) is 2.18. The highest BCUT2D eigenvalue weighted by molar-refractivity contribution is 9.10. The number of thiophene rings is 1. The molecule has 0 atom stereocenters. The molecule has 0 aromatic carbocycles. The van der Waals surface area contributed by atoms with Crippen LogP contribution in [0.1, 0.15) is 16.3 Å². The molecule has 6 heteroatoms. The lowest BCUT2D eigenvalue weighted by Gasteiger charge is -2.07. The molecule has 3 aromatic rings. The molecule has 0 unspecified atom stereocenters. The molecule has 20 heavy (non-hydrogen) atoms. The van der Waals surface area contributed by atoms with E-state index in [1.54, 1.807) is 11.3 Å². The summed E-state index contributed by atoms with van der Waals surface area (Å²) in [5.74, 6) is 1.56. The van der Waals surface area contributed by atoms with Gasteiger partial charge in [0.2, 0.25) is 0 Å². The molecule has 0 fully saturated rings. The van der Waals surface area contributed by atoms with Crippen LogP contribution in [0.25, 0.3) is 11.2 Å². The van der Waals surface area contributed by atoms with Crippen molar-refractivity contribution >= 4 is 50.0 Å². The van der Waals surface area contributed by atoms with Gasteiger partial charge >= 0.3 is 0 Å². The molecule has 0 radical (unpaired) electrons. The summed E-state index contributed by atoms with van der Waals surface area (Å²) >= 11 is 11.1. The monoisotopic (exact) mass is 369 g/mol. The van der Waals surface area contributed by atoms with Crippen LogP contribution in [0.4, 0.5) is 0 Å². The van der Waals surface area contributed by atoms with E-state index in [2.05, 4.69) is 48.8 Å². The van der Waals surface area contributed by atoms with Gasteiger partial charge in [-0.15, -0.1) is 22.9 Å². The highest BCUT2D eigenvalue weighted by Crippen LogP contribution is 2.23. The quantitative estimate of drug-likeness (QED) is 0.638. The van der Waals surface area contributed by atoms with Crippen molar-refractivity contribution in [1.29, 1.82) is 0 Å². The average Bonchev–Trinajstić information content (AvgIpc) is 2.96. The molecule has 0 N–H and O–H groups in total. The Morgan fingerprint density at radius 2 is 2.30 bits per heavy atom. The average molecular weight is 371 g/mol. The Balaban J connectivity index is 2.11. The van der Waals surface area contributed by atoms with Gasteiger partial charge in [-0.3, -0.25) is 0 Å². The zero-order valence-electron chi connectivity index (χ0n) is 10.9. The normalized spacial score (nSPS) is 11.3. The zero-order valence-corrected chi connectivity index (χ0v) is 14.1. The van der Waals surface area contributed by atoms with Gasteiger partial charge < -0.3 is 4.57 Å². The van der Waals surface area contributed by atoms with Crippen LogP contribution in [0.3, 0.4) is 0 Å². The SMILES string of the molecule is Cc1ccsc1Cn1c(CCCl)nc2cc(Br)cnc21. The van der Waals surface area contributed by atoms with Crippen LogP contribution < -0.4 is 0 Å². The van der Waals surface area contributed by atoms with E-state index in [4.69, 9.17) is 11.6 Å². The van der Waals surface area contributed by atoms with E-state index >= 15 is 0 Å². The highest BCUT2D eigenvalue weighted by Gasteiger charge is 2.13. The first-order valence-corrected chi connectivity index (χ1v) is 8.49. The molecule has 3 aromatic heterocycles. The van der Waals surface area contributed by atoms with Crippen LogP contribution in [0.2, 0.25) is 0 Å². The van der Waals surface area contributed by atoms with Gasteiger partial charge in [0.05, 0.1) is 6.54 Å². The number of aryl methyl sites for hydroxylation is 2. The summed E-state index contributed by atoms with van der Waals surface area (Å²) < 4.78 is 3.11. The Kier molecular flexibility index (Phi) is 4.10. The van der Waals surface area contributed by atoms with Gasteiger partial charge in [0, 0.05) is 27.8 Å². The second-order valence-corrected chi connectivity index (χ2v) is 6.87. The van der Waals surface area contributed by atoms with Crippen molar-refractivity contribution in [3.05, 3.63) is 44.4 Å². The zero-order chi connectivity index (χ0) is 14.1. The minimum atomic E-state index is 0.563. The summed E-state index contributed by atoms with van der Waals surface area (Å²) in [4.78, 5) is 10.5. The molecule has 3 rings (SSSR count). The molecular formula is C14H13BrClN3S. The molecule has 0 saturated heterocycles. The van der Waals surface area contributed by atoms with E-state index in [0.29, 0.717) is 5.88 Å². The van der Waals surface area contributed by atoms with Crippen LogP contribution >= 0.6 is 38.9 Å². The van der Waals surface area contributed by atoms with Gasteiger partial charge in [-0.05, 0) is 45.9 Å². The second kappa shape index (κ2) is 5.84. The maximum atomic E-state index is 5.90. The summed E-state index contributed by atoms with van der Waals surface area (Å²) in [6.45, 7) is 2.94. The molecule has 3 heterocycles. The number of pyridine rings is 1. The molecule has 0 aliphatic rings. The molecule has 0 aliphatic heterocycles. The lowest BCUT2D eigenvalue weighted by atomic mass is 10.3. The van der Waals surface area contributed by atoms with E-state index in [1.807, 2.05) is 12.3 Å². The number of imidazole rings is 1. The van der Waals surface area contributed by atoms with Crippen molar-refractivity contribution in [1.82, 2.24) is 14.5 Å². The summed E-state index contributed by atoms with van der Waals surface area (Å²) in [6.07, 6.45) is 2.56. The molecule has 104 valence electrons. The summed E-state index contributed by atoms with van der Waals surface area (Å²) in [5, 5.41) is 2.12. The van der Waals surface area contributed by atoms with E-state index in [9.17, 15) is 0 Å². The molecule has 0 saturated carbocycles. The number of halogens is 2. The first-order valence-electron chi connectivity index (χ1n) is 6.28. The largest absolute Gasteiger partial charge is 0.307 e. The topological polar surface area (TPSA) is 30.7 Å². The van der Waals surface area contributed by atoms with Crippen LogP contribution in [0.5, 0.6) is 0 Å². The Bertz CT molecular complexity index is 750. The number of hydrogen-bond donors (Lipinski definition) is 0. The smallest absolute Gasteiger partial charge is 0.160 e. The van der Waals surface area contributed by atoms with Crippen molar-refractivity contribution in [3.8, 4) is 0 Å². The van der Waals surface area contributed by atoms with Gasteiger partial charge in [-0.25, -0.2) is 9.97 Å². The molecule has 3 nitrogen and oxygen atoms in total. The molecule has 0 aliphatic carbocycles. The summed E-state index contributed by atoms with van der Waals surface area (Å²) in [5.41, 5.74) is 3.14. The fraction of sp³-hybridized carbons (Fsp3) is 0.286. The molecule has 0 amide bonds. The minimum absolute atomic E-state index is 0.563. The standard InChI is InChI=1S/C14H13BrClN3S/c1-9-3-5-20-12(9)8-19-13(2-4-16)18-11-6-10(15)7-17-14(11)19/h3,5-7H,2,4,8H2,1H3. The first-order chi connectivity index (χ1) is 9.69. The number of rotatable bonds is 4. The predicted molar refractivity (Wildman–Crippen MR) is 87.8 cm³/mol. The number of nitrogens with zero attached hydrogens (tertiary/aromatic N) is 3. The Morgan fingerprint density at radius 3 is 3.00 bits per heavy atom. The third-order valence-electron chi connectivity index (χ3n) is 3.22. The number of fused-ring (bicyclic) bond motifs is 1. The molecule has 0 spiro atoms. The Morgan fingerprint density at radius 1 is 1.45 bits per heavy atom. The maximum absolute atomic E-state index is 5.90. The number of alkyl halides is 1. The maximum Gasteiger partial charge on any atom is 0.160 e.